The van der Waals surface area contributed by atoms with Gasteiger partial charge >= 0.3 is 105 Å². The summed E-state index contributed by atoms with van der Waals surface area (Å²) >= 11 is 0. The molecule has 0 bridgehead atoms. The van der Waals surface area contributed by atoms with Gasteiger partial charge in [0.05, 0.1) is 0 Å². The van der Waals surface area contributed by atoms with Crippen LogP contribution in [0.3, 0.4) is 0 Å². The van der Waals surface area contributed by atoms with Crippen molar-refractivity contribution in [2.24, 2.45) is 0 Å². The third-order valence-electron chi connectivity index (χ3n) is 2.43. The third-order valence-corrected chi connectivity index (χ3v) is 2.43. The van der Waals surface area contributed by atoms with Crippen molar-refractivity contribution in [3.8, 4) is 0 Å². The van der Waals surface area contributed by atoms with E-state index in [1.807, 2.05) is 0 Å². The molecule has 0 heterocycles. The van der Waals surface area contributed by atoms with E-state index in [-0.39, 0.29) is 70.3 Å². The zero-order valence-electron chi connectivity index (χ0n) is 11.6. The molecule has 0 aromatic rings. The smallest absolute Gasteiger partial charge is 1.00 e. The van der Waals surface area contributed by atoms with Gasteiger partial charge in [-0.3, -0.25) is 0 Å². The van der Waals surface area contributed by atoms with Crippen molar-refractivity contribution in [1.29, 1.82) is 0 Å². The van der Waals surface area contributed by atoms with Crippen LogP contribution >= 0.6 is 0 Å². The molecule has 24 heavy (non-hydrogen) atoms. The molecule has 17 heteroatoms. The standard InChI is InChI=1S/C7HF15O.Cs.H/c8-2(9,5(14,15)16)1(23,3(10,11)6(17,18)19)4(12,13)7(20,21)22;;/h23H;;/q;+1;-1. The second-order valence-corrected chi connectivity index (χ2v) is 3.93. The first-order valence-electron chi connectivity index (χ1n) is 4.56. The second-order valence-electron chi connectivity index (χ2n) is 3.93. The minimum Gasteiger partial charge on any atom is -1.00 e. The van der Waals surface area contributed by atoms with Gasteiger partial charge in [-0.2, -0.15) is 65.9 Å². The van der Waals surface area contributed by atoms with Gasteiger partial charge in [-0.1, -0.05) is 0 Å². The van der Waals surface area contributed by atoms with Crippen LogP contribution in [0.4, 0.5) is 65.9 Å². The molecule has 0 aromatic heterocycles. The van der Waals surface area contributed by atoms with Crippen molar-refractivity contribution in [2.45, 2.75) is 41.9 Å². The Morgan fingerprint density at radius 1 is 0.417 bits per heavy atom. The largest absolute Gasteiger partial charge is 1.00 e. The monoisotopic (exact) mass is 520 g/mol. The molecule has 0 aromatic carbocycles. The van der Waals surface area contributed by atoms with Gasteiger partial charge in [0.2, 0.25) is 0 Å². The minimum atomic E-state index is -8.23. The van der Waals surface area contributed by atoms with Crippen LogP contribution in [-0.4, -0.2) is 47.0 Å². The quantitative estimate of drug-likeness (QED) is 0.560. The van der Waals surface area contributed by atoms with Gasteiger partial charge < -0.3 is 6.53 Å². The molecular formula is C7H2CsF15O. The molecule has 0 aliphatic carbocycles. The van der Waals surface area contributed by atoms with E-state index in [1.165, 1.54) is 0 Å². The molecule has 0 spiro atoms. The van der Waals surface area contributed by atoms with E-state index in [9.17, 15) is 65.9 Å². The van der Waals surface area contributed by atoms with Crippen molar-refractivity contribution in [2.75, 3.05) is 0 Å². The Morgan fingerprint density at radius 2 is 0.542 bits per heavy atom. The van der Waals surface area contributed by atoms with Gasteiger partial charge in [-0.25, -0.2) is 0 Å². The zero-order valence-corrected chi connectivity index (χ0v) is 16.9. The summed E-state index contributed by atoms with van der Waals surface area (Å²) in [5.74, 6) is -24.6. The van der Waals surface area contributed by atoms with Crippen molar-refractivity contribution in [1.82, 2.24) is 0 Å². The van der Waals surface area contributed by atoms with Gasteiger partial charge in [-0.05, 0) is 0 Å². The number of hydrogen-bond donors (Lipinski definition) is 1. The van der Waals surface area contributed by atoms with Gasteiger partial charge in [-0.15, -0.1) is 0 Å². The molecule has 0 unspecified atom stereocenters. The molecule has 1 nitrogen and oxygen atoms in total. The van der Waals surface area contributed by atoms with Crippen molar-refractivity contribution >= 4 is 0 Å². The van der Waals surface area contributed by atoms with E-state index in [1.54, 1.807) is 0 Å². The Labute approximate surface area is 181 Å². The second kappa shape index (κ2) is 6.84. The van der Waals surface area contributed by atoms with Gasteiger partial charge in [0.15, 0.2) is 0 Å². The number of hydrogen-bond acceptors (Lipinski definition) is 1. The molecule has 0 atom stereocenters. The molecule has 1 N–H and O–H groups in total. The van der Waals surface area contributed by atoms with Crippen molar-refractivity contribution < 1.29 is 141 Å². The van der Waals surface area contributed by atoms with Crippen LogP contribution < -0.4 is 68.9 Å². The number of rotatable bonds is 3. The summed E-state index contributed by atoms with van der Waals surface area (Å²) in [6, 6.07) is 0. The zero-order chi connectivity index (χ0) is 19.5. The summed E-state index contributed by atoms with van der Waals surface area (Å²) in [4.78, 5) is 0. The predicted molar refractivity (Wildman–Crippen MR) is 39.1 cm³/mol. The van der Waals surface area contributed by atoms with E-state index < -0.39 is 41.9 Å². The molecule has 0 amide bonds. The van der Waals surface area contributed by atoms with Crippen LogP contribution in [-0.2, 0) is 0 Å². The Kier molecular flexibility index (Phi) is 7.75. The third kappa shape index (κ3) is 3.67. The molecule has 142 valence electrons. The fourth-order valence-electron chi connectivity index (χ4n) is 1.21. The van der Waals surface area contributed by atoms with Crippen molar-refractivity contribution in [3.63, 3.8) is 0 Å². The first kappa shape index (κ1) is 27.2. The summed E-state index contributed by atoms with van der Waals surface area (Å²) < 4.78 is 183. The maximum Gasteiger partial charge on any atom is 1.00 e. The Hall–Kier alpha value is 0.962. The number of aliphatic hydroxyl groups is 1. The molecule has 0 saturated carbocycles. The first-order chi connectivity index (χ1) is 9.50. The van der Waals surface area contributed by atoms with Crippen LogP contribution in [0.15, 0.2) is 0 Å². The van der Waals surface area contributed by atoms with E-state index in [0.717, 1.165) is 0 Å². The van der Waals surface area contributed by atoms with Gasteiger partial charge in [0.1, 0.15) is 0 Å². The molecule has 0 fully saturated rings. The summed E-state index contributed by atoms with van der Waals surface area (Å²) in [6.45, 7) is 0. The van der Waals surface area contributed by atoms with Crippen LogP contribution in [0, 0.1) is 0 Å². The van der Waals surface area contributed by atoms with Gasteiger partial charge in [0.25, 0.3) is 5.60 Å². The Bertz CT molecular complexity index is 384. The minimum absolute atomic E-state index is 0. The van der Waals surface area contributed by atoms with E-state index in [4.69, 9.17) is 5.11 Å². The van der Waals surface area contributed by atoms with Crippen LogP contribution in [0.25, 0.3) is 0 Å². The average Bonchev–Trinajstić information content (AvgIpc) is 2.22. The van der Waals surface area contributed by atoms with E-state index >= 15 is 0 Å². The number of alkyl halides is 15. The first-order valence-corrected chi connectivity index (χ1v) is 4.56. The molecule has 0 radical (unpaired) electrons. The fraction of sp³-hybridized carbons (Fsp3) is 1.00. The summed E-state index contributed by atoms with van der Waals surface area (Å²) in [5.41, 5.74) is -8.23. The molecule has 0 rings (SSSR count). The van der Waals surface area contributed by atoms with E-state index in [2.05, 4.69) is 0 Å². The molecular weight excluding hydrogens is 518 g/mol. The predicted octanol–water partition coefficient (Wildman–Crippen LogP) is 1.43. The van der Waals surface area contributed by atoms with Crippen LogP contribution in [0.5, 0.6) is 0 Å². The van der Waals surface area contributed by atoms with E-state index in [0.29, 0.717) is 0 Å². The van der Waals surface area contributed by atoms with Crippen LogP contribution in [0.2, 0.25) is 0 Å². The summed E-state index contributed by atoms with van der Waals surface area (Å²) in [5, 5.41) is 8.19. The summed E-state index contributed by atoms with van der Waals surface area (Å²) in [6.07, 6.45) is -23.4. The maximum absolute atomic E-state index is 12.7. The maximum atomic E-state index is 12.7. The summed E-state index contributed by atoms with van der Waals surface area (Å²) in [7, 11) is 0. The van der Waals surface area contributed by atoms with Gasteiger partial charge in [0, 0.05) is 0 Å². The topological polar surface area (TPSA) is 20.2 Å². The Balaban J connectivity index is -0.00000242. The van der Waals surface area contributed by atoms with Crippen molar-refractivity contribution in [3.05, 3.63) is 0 Å². The Morgan fingerprint density at radius 3 is 0.625 bits per heavy atom. The average molecular weight is 520 g/mol. The SMILES string of the molecule is OC(C(F)(F)C(F)(F)F)(C(F)(F)C(F)(F)F)C(F)(F)C(F)(F)F.[Cs+].[H-]. The number of halogens is 15. The molecule has 0 saturated heterocycles. The normalized spacial score (nSPS) is 16.0. The fourth-order valence-corrected chi connectivity index (χ4v) is 1.21. The molecule has 0 aliphatic rings. The molecule has 0 aliphatic heterocycles. The van der Waals surface area contributed by atoms with Crippen LogP contribution in [0.1, 0.15) is 1.43 Å².